The predicted octanol–water partition coefficient (Wildman–Crippen LogP) is 3.31. The summed E-state index contributed by atoms with van der Waals surface area (Å²) in [6.07, 6.45) is 0.657. The van der Waals surface area contributed by atoms with E-state index in [9.17, 15) is 9.18 Å². The average molecular weight is 230 g/mol. The lowest BCUT2D eigenvalue weighted by Gasteiger charge is -2.08. The summed E-state index contributed by atoms with van der Waals surface area (Å²) in [6, 6.07) is 11.8. The molecule has 0 aliphatic heterocycles. The Hall–Kier alpha value is -2.16. The van der Waals surface area contributed by atoms with Crippen molar-refractivity contribution in [2.24, 2.45) is 0 Å². The second kappa shape index (κ2) is 4.78. The maximum atomic E-state index is 13.8. The number of carbonyl (C=O) groups is 1. The van der Waals surface area contributed by atoms with Crippen LogP contribution < -0.4 is 4.74 Å². The van der Waals surface area contributed by atoms with Crippen LogP contribution in [-0.4, -0.2) is 13.4 Å². The fourth-order valence-electron chi connectivity index (χ4n) is 1.68. The van der Waals surface area contributed by atoms with Crippen molar-refractivity contribution in [3.63, 3.8) is 0 Å². The largest absolute Gasteiger partial charge is 0.496 e. The summed E-state index contributed by atoms with van der Waals surface area (Å²) in [6.45, 7) is 0. The molecule has 0 unspecified atom stereocenters. The zero-order valence-electron chi connectivity index (χ0n) is 9.31. The summed E-state index contributed by atoms with van der Waals surface area (Å²) in [4.78, 5) is 10.9. The summed E-state index contributed by atoms with van der Waals surface area (Å²) in [5.41, 5.74) is 1.47. The Morgan fingerprint density at radius 3 is 2.47 bits per heavy atom. The van der Waals surface area contributed by atoms with Crippen molar-refractivity contribution >= 4 is 6.29 Å². The Morgan fingerprint density at radius 1 is 1.18 bits per heavy atom. The van der Waals surface area contributed by atoms with Gasteiger partial charge in [0.05, 0.1) is 12.7 Å². The minimum Gasteiger partial charge on any atom is -0.496 e. The van der Waals surface area contributed by atoms with E-state index in [-0.39, 0.29) is 5.75 Å². The summed E-state index contributed by atoms with van der Waals surface area (Å²) in [7, 11) is 1.41. The van der Waals surface area contributed by atoms with Gasteiger partial charge in [-0.3, -0.25) is 4.79 Å². The van der Waals surface area contributed by atoms with Crippen molar-refractivity contribution in [3.05, 3.63) is 53.8 Å². The highest BCUT2D eigenvalue weighted by molar-refractivity contribution is 5.83. The molecular formula is C14H11FO2. The first-order chi connectivity index (χ1) is 8.26. The summed E-state index contributed by atoms with van der Waals surface area (Å²) < 4.78 is 18.8. The molecule has 2 aromatic carbocycles. The molecule has 0 N–H and O–H groups in total. The maximum absolute atomic E-state index is 13.8. The number of carbonyl (C=O) groups excluding carboxylic acids is 1. The van der Waals surface area contributed by atoms with Crippen LogP contribution in [0.2, 0.25) is 0 Å². The molecule has 0 saturated carbocycles. The van der Waals surface area contributed by atoms with Gasteiger partial charge in [0.15, 0.2) is 6.29 Å². The minimum atomic E-state index is -0.404. The van der Waals surface area contributed by atoms with Gasteiger partial charge in [0.1, 0.15) is 11.6 Å². The molecule has 0 fully saturated rings. The Balaban J connectivity index is 2.59. The van der Waals surface area contributed by atoms with Crippen molar-refractivity contribution in [1.29, 1.82) is 0 Å². The number of hydrogen-bond donors (Lipinski definition) is 0. The Kier molecular flexibility index (Phi) is 3.19. The Morgan fingerprint density at radius 2 is 1.88 bits per heavy atom. The number of benzene rings is 2. The molecule has 0 aliphatic carbocycles. The van der Waals surface area contributed by atoms with Crippen molar-refractivity contribution < 1.29 is 13.9 Å². The van der Waals surface area contributed by atoms with Gasteiger partial charge in [-0.05, 0) is 11.6 Å². The number of hydrogen-bond acceptors (Lipinski definition) is 2. The molecule has 2 nitrogen and oxygen atoms in total. The van der Waals surface area contributed by atoms with E-state index in [0.717, 1.165) is 5.56 Å². The maximum Gasteiger partial charge on any atom is 0.153 e. The summed E-state index contributed by atoms with van der Waals surface area (Å²) >= 11 is 0. The molecule has 0 amide bonds. The smallest absolute Gasteiger partial charge is 0.153 e. The lowest BCUT2D eigenvalue weighted by Crippen LogP contribution is -1.94. The molecule has 0 aromatic heterocycles. The zero-order chi connectivity index (χ0) is 12.3. The highest BCUT2D eigenvalue weighted by Crippen LogP contribution is 2.28. The van der Waals surface area contributed by atoms with Crippen LogP contribution >= 0.6 is 0 Å². The van der Waals surface area contributed by atoms with Gasteiger partial charge in [-0.1, -0.05) is 30.3 Å². The number of rotatable bonds is 3. The van der Waals surface area contributed by atoms with E-state index >= 15 is 0 Å². The van der Waals surface area contributed by atoms with E-state index in [1.165, 1.54) is 19.2 Å². The van der Waals surface area contributed by atoms with Gasteiger partial charge in [0, 0.05) is 11.6 Å². The van der Waals surface area contributed by atoms with E-state index in [1.54, 1.807) is 12.1 Å². The molecule has 17 heavy (non-hydrogen) atoms. The minimum absolute atomic E-state index is 0.247. The van der Waals surface area contributed by atoms with Crippen molar-refractivity contribution in [3.8, 4) is 16.9 Å². The van der Waals surface area contributed by atoms with Crippen LogP contribution in [-0.2, 0) is 0 Å². The molecule has 0 radical (unpaired) electrons. The number of halogens is 1. The highest BCUT2D eigenvalue weighted by Gasteiger charge is 2.11. The fraction of sp³-hybridized carbons (Fsp3) is 0.0714. The van der Waals surface area contributed by atoms with Gasteiger partial charge in [-0.2, -0.15) is 0 Å². The lowest BCUT2D eigenvalue weighted by atomic mass is 10.0. The van der Waals surface area contributed by atoms with Crippen LogP contribution in [0.15, 0.2) is 42.5 Å². The number of aldehydes is 1. The molecule has 0 aliphatic rings. The average Bonchev–Trinajstić information content (AvgIpc) is 2.39. The van der Waals surface area contributed by atoms with Gasteiger partial charge >= 0.3 is 0 Å². The van der Waals surface area contributed by atoms with Gasteiger partial charge < -0.3 is 4.74 Å². The van der Waals surface area contributed by atoms with Crippen LogP contribution in [0.5, 0.6) is 5.75 Å². The molecule has 2 aromatic rings. The molecule has 0 bridgehead atoms. The zero-order valence-corrected chi connectivity index (χ0v) is 9.31. The first kappa shape index (κ1) is 11.3. The molecule has 0 heterocycles. The van der Waals surface area contributed by atoms with E-state index in [1.807, 2.05) is 18.2 Å². The molecular weight excluding hydrogens is 219 g/mol. The standard InChI is InChI=1S/C14H11FO2/c1-17-14-8-13(15)12(7-11(14)9-16)10-5-3-2-4-6-10/h2-9H,1H3. The van der Waals surface area contributed by atoms with E-state index in [0.29, 0.717) is 17.4 Å². The second-order valence-corrected chi connectivity index (χ2v) is 3.56. The van der Waals surface area contributed by atoms with Crippen LogP contribution in [0.4, 0.5) is 4.39 Å². The normalized spacial score (nSPS) is 10.0. The predicted molar refractivity (Wildman–Crippen MR) is 63.8 cm³/mol. The quantitative estimate of drug-likeness (QED) is 0.756. The van der Waals surface area contributed by atoms with E-state index in [2.05, 4.69) is 0 Å². The third kappa shape index (κ3) is 2.18. The van der Waals surface area contributed by atoms with Crippen LogP contribution in [0.1, 0.15) is 10.4 Å². The molecule has 2 rings (SSSR count). The highest BCUT2D eigenvalue weighted by atomic mass is 19.1. The number of ether oxygens (including phenoxy) is 1. The van der Waals surface area contributed by atoms with Crippen LogP contribution in [0.25, 0.3) is 11.1 Å². The molecule has 86 valence electrons. The third-order valence-corrected chi connectivity index (χ3v) is 2.53. The fourth-order valence-corrected chi connectivity index (χ4v) is 1.68. The van der Waals surface area contributed by atoms with Gasteiger partial charge in [-0.25, -0.2) is 4.39 Å². The number of methoxy groups -OCH3 is 1. The molecule has 0 spiro atoms. The Labute approximate surface area is 98.7 Å². The monoisotopic (exact) mass is 230 g/mol. The first-order valence-corrected chi connectivity index (χ1v) is 5.14. The first-order valence-electron chi connectivity index (χ1n) is 5.14. The van der Waals surface area contributed by atoms with E-state index < -0.39 is 5.82 Å². The Bertz CT molecular complexity index is 535. The van der Waals surface area contributed by atoms with Crippen LogP contribution in [0.3, 0.4) is 0 Å². The van der Waals surface area contributed by atoms with Crippen molar-refractivity contribution in [2.45, 2.75) is 0 Å². The SMILES string of the molecule is COc1cc(F)c(-c2ccccc2)cc1C=O. The van der Waals surface area contributed by atoms with Crippen molar-refractivity contribution in [2.75, 3.05) is 7.11 Å². The molecule has 0 atom stereocenters. The summed E-state index contributed by atoms with van der Waals surface area (Å²) in [5.74, 6) is -0.157. The summed E-state index contributed by atoms with van der Waals surface area (Å²) in [5, 5.41) is 0. The third-order valence-electron chi connectivity index (χ3n) is 2.53. The van der Waals surface area contributed by atoms with Gasteiger partial charge in [0.2, 0.25) is 0 Å². The second-order valence-electron chi connectivity index (χ2n) is 3.56. The molecule has 3 heteroatoms. The van der Waals surface area contributed by atoms with E-state index in [4.69, 9.17) is 4.74 Å². The van der Waals surface area contributed by atoms with Gasteiger partial charge in [0.25, 0.3) is 0 Å². The van der Waals surface area contributed by atoms with Crippen molar-refractivity contribution in [1.82, 2.24) is 0 Å². The topological polar surface area (TPSA) is 26.3 Å². The van der Waals surface area contributed by atoms with Crippen LogP contribution in [0, 0.1) is 5.82 Å². The molecule has 0 saturated heterocycles. The van der Waals surface area contributed by atoms with Gasteiger partial charge in [-0.15, -0.1) is 0 Å². The lowest BCUT2D eigenvalue weighted by molar-refractivity contribution is 0.112.